The van der Waals surface area contributed by atoms with Crippen LogP contribution in [0.2, 0.25) is 0 Å². The smallest absolute Gasteiger partial charge is 0.388 e. The molecule has 3 nitrogen and oxygen atoms in total. The molecule has 0 saturated carbocycles. The van der Waals surface area contributed by atoms with E-state index in [1.54, 1.807) is 0 Å². The fourth-order valence-electron chi connectivity index (χ4n) is 1.30. The minimum absolute atomic E-state index is 0. The molecule has 0 aromatic heterocycles. The normalized spacial score (nSPS) is 14.2. The number of aliphatic hydroxyl groups is 2. The van der Waals surface area contributed by atoms with Gasteiger partial charge in [0.1, 0.15) is 0 Å². The van der Waals surface area contributed by atoms with Crippen LogP contribution in [0.1, 0.15) is 23.7 Å². The van der Waals surface area contributed by atoms with Gasteiger partial charge in [-0.05, 0) is 17.7 Å². The van der Waals surface area contributed by atoms with E-state index in [9.17, 15) is 18.3 Å². The first-order valence-electron chi connectivity index (χ1n) is 4.77. The van der Waals surface area contributed by atoms with Crippen LogP contribution in [0.4, 0.5) is 13.2 Å². The number of hydrogen-bond acceptors (Lipinski definition) is 3. The maximum Gasteiger partial charge on any atom is 0.414 e. The van der Waals surface area contributed by atoms with Crippen LogP contribution in [0.5, 0.6) is 0 Å². The van der Waals surface area contributed by atoms with Crippen molar-refractivity contribution in [1.82, 2.24) is 0 Å². The molecule has 0 amide bonds. The minimum Gasteiger partial charge on any atom is -0.388 e. The van der Waals surface area contributed by atoms with Gasteiger partial charge >= 0.3 is 6.18 Å². The molecule has 0 radical (unpaired) electrons. The van der Waals surface area contributed by atoms with Crippen molar-refractivity contribution in [3.05, 3.63) is 35.4 Å². The molecule has 2 atom stereocenters. The third kappa shape index (κ3) is 5.20. The second-order valence-electron chi connectivity index (χ2n) is 3.55. The average Bonchev–Trinajstić information content (AvgIpc) is 2.27. The molecule has 0 saturated heterocycles. The second-order valence-corrected chi connectivity index (χ2v) is 3.55. The molecule has 1 rings (SSSR count). The fraction of sp³-hybridized carbons (Fsp3) is 0.364. The van der Waals surface area contributed by atoms with Gasteiger partial charge in [0.15, 0.2) is 6.10 Å². The molecule has 18 heavy (non-hydrogen) atoms. The Morgan fingerprint density at radius 1 is 1.28 bits per heavy atom. The molecule has 0 aliphatic heterocycles. The Labute approximate surface area is 136 Å². The zero-order chi connectivity index (χ0) is 13.1. The van der Waals surface area contributed by atoms with Crippen LogP contribution < -0.4 is 0 Å². The first kappa shape index (κ1) is 17.8. The first-order valence-corrected chi connectivity index (χ1v) is 4.77. The van der Waals surface area contributed by atoms with Crippen molar-refractivity contribution in [2.45, 2.75) is 24.8 Å². The molecule has 0 aliphatic rings. The molecule has 2 N–H and O–H groups in total. The monoisotopic (exact) mass is 385 g/mol. The van der Waals surface area contributed by atoms with Crippen LogP contribution in [-0.4, -0.2) is 22.5 Å². The molecule has 0 aliphatic carbocycles. The predicted molar refractivity (Wildman–Crippen MR) is 52.8 cm³/mol. The van der Waals surface area contributed by atoms with Crippen LogP contribution in [0, 0.1) is 53.1 Å². The SMILES string of the molecule is N#Cc1cccc(C(O)CC(O)C(F)(F)F)c1.[Ce]. The number of benzene rings is 1. The van der Waals surface area contributed by atoms with Crippen LogP contribution in [0.3, 0.4) is 0 Å². The van der Waals surface area contributed by atoms with Crippen molar-refractivity contribution in [1.29, 1.82) is 5.26 Å². The van der Waals surface area contributed by atoms with Crippen LogP contribution >= 0.6 is 0 Å². The Hall–Kier alpha value is -0.203. The maximum absolute atomic E-state index is 12.1. The summed E-state index contributed by atoms with van der Waals surface area (Å²) in [5, 5.41) is 26.9. The van der Waals surface area contributed by atoms with E-state index >= 15 is 0 Å². The summed E-state index contributed by atoms with van der Waals surface area (Å²) < 4.78 is 36.2. The van der Waals surface area contributed by atoms with Crippen LogP contribution in [-0.2, 0) is 0 Å². The van der Waals surface area contributed by atoms with E-state index in [1.165, 1.54) is 24.3 Å². The van der Waals surface area contributed by atoms with Gasteiger partial charge in [-0.3, -0.25) is 0 Å². The topological polar surface area (TPSA) is 64.2 Å². The van der Waals surface area contributed by atoms with Gasteiger partial charge in [0.05, 0.1) is 17.7 Å². The molecule has 7 heteroatoms. The van der Waals surface area contributed by atoms with Crippen LogP contribution in [0.15, 0.2) is 24.3 Å². The number of nitriles is 1. The number of aliphatic hydroxyl groups excluding tert-OH is 2. The molecule has 1 aromatic rings. The fourth-order valence-corrected chi connectivity index (χ4v) is 1.30. The maximum atomic E-state index is 12.1. The summed E-state index contributed by atoms with van der Waals surface area (Å²) in [6.45, 7) is 0. The largest absolute Gasteiger partial charge is 0.414 e. The van der Waals surface area contributed by atoms with E-state index in [2.05, 4.69) is 0 Å². The Bertz CT molecular complexity index is 431. The average molecular weight is 385 g/mol. The van der Waals surface area contributed by atoms with Gasteiger partial charge in [-0.25, -0.2) is 0 Å². The zero-order valence-corrected chi connectivity index (χ0v) is 12.3. The second kappa shape index (κ2) is 7.40. The van der Waals surface area contributed by atoms with Crippen molar-refractivity contribution in [3.63, 3.8) is 0 Å². The predicted octanol–water partition coefficient (Wildman–Crippen LogP) is 1.90. The zero-order valence-electron chi connectivity index (χ0n) is 9.15. The summed E-state index contributed by atoms with van der Waals surface area (Å²) in [4.78, 5) is 0. The quantitative estimate of drug-likeness (QED) is 0.836. The van der Waals surface area contributed by atoms with E-state index in [-0.39, 0.29) is 52.9 Å². The summed E-state index contributed by atoms with van der Waals surface area (Å²) in [6.07, 6.45) is -9.64. The van der Waals surface area contributed by atoms with E-state index < -0.39 is 24.8 Å². The van der Waals surface area contributed by atoms with Gasteiger partial charge in [0.2, 0.25) is 0 Å². The van der Waals surface area contributed by atoms with E-state index in [0.29, 0.717) is 0 Å². The van der Waals surface area contributed by atoms with E-state index in [1.807, 2.05) is 6.07 Å². The molecule has 2 unspecified atom stereocenters. The summed E-state index contributed by atoms with van der Waals surface area (Å²) in [5.41, 5.74) is 0.412. The van der Waals surface area contributed by atoms with Gasteiger partial charge < -0.3 is 10.2 Å². The molecule has 0 bridgehead atoms. The Morgan fingerprint density at radius 2 is 1.89 bits per heavy atom. The summed E-state index contributed by atoms with van der Waals surface area (Å²) >= 11 is 0. The third-order valence-corrected chi connectivity index (χ3v) is 2.22. The molecular formula is C11H10CeF3NO2. The number of nitrogens with zero attached hydrogens (tertiary/aromatic N) is 1. The van der Waals surface area contributed by atoms with Gasteiger partial charge in [-0.2, -0.15) is 18.4 Å². The van der Waals surface area contributed by atoms with Crippen molar-refractivity contribution in [2.24, 2.45) is 0 Å². The standard InChI is InChI=1S/C11H10F3NO2.Ce/c12-11(13,14)10(17)5-9(16)8-3-1-2-7(4-8)6-15;/h1-4,9-10,16-17H,5H2;. The molecule has 1 aromatic carbocycles. The molecule has 96 valence electrons. The molecule has 0 spiro atoms. The van der Waals surface area contributed by atoms with Crippen molar-refractivity contribution < 1.29 is 65.1 Å². The van der Waals surface area contributed by atoms with Crippen molar-refractivity contribution >= 4 is 0 Å². The Kier molecular flexibility index (Phi) is 7.32. The summed E-state index contributed by atoms with van der Waals surface area (Å²) in [5.74, 6) is 0. The number of alkyl halides is 3. The Balaban J connectivity index is 0.00000289. The molecule has 0 fully saturated rings. The van der Waals surface area contributed by atoms with Gasteiger partial charge in [-0.15, -0.1) is 0 Å². The molecular weight excluding hydrogens is 375 g/mol. The number of rotatable bonds is 3. The number of hydrogen-bond donors (Lipinski definition) is 2. The van der Waals surface area contributed by atoms with E-state index in [0.717, 1.165) is 0 Å². The summed E-state index contributed by atoms with van der Waals surface area (Å²) in [7, 11) is 0. The third-order valence-electron chi connectivity index (χ3n) is 2.22. The molecule has 0 heterocycles. The van der Waals surface area contributed by atoms with Crippen molar-refractivity contribution in [3.8, 4) is 6.07 Å². The number of halogens is 3. The minimum atomic E-state index is -4.76. The first-order chi connectivity index (χ1) is 7.84. The summed E-state index contributed by atoms with van der Waals surface area (Å²) in [6, 6.07) is 7.42. The van der Waals surface area contributed by atoms with Gasteiger partial charge in [0.25, 0.3) is 0 Å². The van der Waals surface area contributed by atoms with Gasteiger partial charge in [-0.1, -0.05) is 12.1 Å². The Morgan fingerprint density at radius 3 is 2.39 bits per heavy atom. The van der Waals surface area contributed by atoms with Crippen molar-refractivity contribution in [2.75, 3.05) is 0 Å². The van der Waals surface area contributed by atoms with E-state index in [4.69, 9.17) is 10.4 Å². The van der Waals surface area contributed by atoms with Gasteiger partial charge in [0, 0.05) is 48.2 Å². The van der Waals surface area contributed by atoms with Crippen LogP contribution in [0.25, 0.3) is 0 Å².